The number of rotatable bonds is 8. The van der Waals surface area contributed by atoms with Crippen molar-refractivity contribution in [3.05, 3.63) is 16.6 Å². The molecule has 0 aliphatic rings. The number of carboxylic acid groups (broad SMARTS) is 1. The predicted octanol–water partition coefficient (Wildman–Crippen LogP) is 1.82. The Balaban J connectivity index is 2.01. The molecule has 26 heavy (non-hydrogen) atoms. The lowest BCUT2D eigenvalue weighted by atomic mass is 10.1. The molecule has 0 aliphatic carbocycles. The van der Waals surface area contributed by atoms with Crippen molar-refractivity contribution in [2.45, 2.75) is 52.1 Å². The lowest BCUT2D eigenvalue weighted by Crippen LogP contribution is -2.50. The highest BCUT2D eigenvalue weighted by Gasteiger charge is 2.24. The number of nitrogens with zero attached hydrogens (tertiary/aromatic N) is 2. The second kappa shape index (κ2) is 8.31. The van der Waals surface area contributed by atoms with Gasteiger partial charge in [-0.15, -0.1) is 11.3 Å². The molecule has 2 rings (SSSR count). The van der Waals surface area contributed by atoms with Crippen molar-refractivity contribution in [1.82, 2.24) is 20.4 Å². The Hall–Kier alpha value is -2.42. The van der Waals surface area contributed by atoms with E-state index in [4.69, 9.17) is 0 Å². The van der Waals surface area contributed by atoms with Crippen LogP contribution >= 0.6 is 11.3 Å². The Kier molecular flexibility index (Phi) is 6.36. The molecule has 0 saturated heterocycles. The highest BCUT2D eigenvalue weighted by Crippen LogP contribution is 2.27. The fourth-order valence-electron chi connectivity index (χ4n) is 2.61. The summed E-state index contributed by atoms with van der Waals surface area (Å²) in [7, 11) is 1.81. The lowest BCUT2D eigenvalue weighted by Gasteiger charge is -2.18. The van der Waals surface area contributed by atoms with Gasteiger partial charge < -0.3 is 15.7 Å². The first-order valence-electron chi connectivity index (χ1n) is 8.51. The van der Waals surface area contributed by atoms with Gasteiger partial charge in [0.15, 0.2) is 0 Å². The van der Waals surface area contributed by atoms with Gasteiger partial charge in [0, 0.05) is 12.4 Å². The van der Waals surface area contributed by atoms with Crippen LogP contribution in [0.15, 0.2) is 6.07 Å². The van der Waals surface area contributed by atoms with E-state index >= 15 is 0 Å². The molecule has 3 N–H and O–H groups in total. The van der Waals surface area contributed by atoms with Crippen molar-refractivity contribution in [1.29, 1.82) is 0 Å². The van der Waals surface area contributed by atoms with Gasteiger partial charge >= 0.3 is 5.97 Å². The number of unbranched alkanes of at least 4 members (excludes halogenated alkanes) is 1. The Morgan fingerprint density at radius 2 is 2.04 bits per heavy atom. The number of thiophene rings is 1. The third-order valence-electron chi connectivity index (χ3n) is 4.12. The van der Waals surface area contributed by atoms with Crippen molar-refractivity contribution in [2.75, 3.05) is 0 Å². The van der Waals surface area contributed by atoms with Crippen molar-refractivity contribution >= 4 is 39.3 Å². The van der Waals surface area contributed by atoms with Gasteiger partial charge in [-0.25, -0.2) is 4.79 Å². The SMILES string of the molecule is CCCCC(NC(=O)C(C)NC(=O)c1cc2c(C)nn(C)c2s1)C(=O)O. The van der Waals surface area contributed by atoms with Crippen LogP contribution in [0.3, 0.4) is 0 Å². The molecule has 0 aromatic carbocycles. The number of carboxylic acids is 1. The molecule has 0 spiro atoms. The summed E-state index contributed by atoms with van der Waals surface area (Å²) in [5.41, 5.74) is 0.837. The fourth-order valence-corrected chi connectivity index (χ4v) is 3.64. The number of nitrogens with one attached hydrogen (secondary N) is 2. The van der Waals surface area contributed by atoms with E-state index in [1.807, 2.05) is 20.9 Å². The number of carbonyl (C=O) groups excluding carboxylic acids is 2. The first-order valence-corrected chi connectivity index (χ1v) is 9.33. The van der Waals surface area contributed by atoms with Crippen LogP contribution in [-0.2, 0) is 16.6 Å². The number of aryl methyl sites for hydroxylation is 2. The van der Waals surface area contributed by atoms with E-state index < -0.39 is 24.0 Å². The molecule has 0 fully saturated rings. The minimum absolute atomic E-state index is 0.362. The molecule has 0 saturated carbocycles. The fraction of sp³-hybridized carbons (Fsp3) is 0.529. The molecule has 142 valence electrons. The number of hydrogen-bond acceptors (Lipinski definition) is 5. The summed E-state index contributed by atoms with van der Waals surface area (Å²) in [4.78, 5) is 37.2. The topological polar surface area (TPSA) is 113 Å². The van der Waals surface area contributed by atoms with Crippen LogP contribution in [0, 0.1) is 6.92 Å². The van der Waals surface area contributed by atoms with Gasteiger partial charge in [0.05, 0.1) is 10.6 Å². The van der Waals surface area contributed by atoms with Crippen LogP contribution in [0.1, 0.15) is 48.5 Å². The predicted molar refractivity (Wildman–Crippen MR) is 99.3 cm³/mol. The molecule has 2 heterocycles. The molecule has 0 bridgehead atoms. The molecule has 2 amide bonds. The number of hydrogen-bond donors (Lipinski definition) is 3. The van der Waals surface area contributed by atoms with Gasteiger partial charge in [-0.2, -0.15) is 5.10 Å². The Labute approximate surface area is 155 Å². The smallest absolute Gasteiger partial charge is 0.326 e. The molecule has 2 unspecified atom stereocenters. The zero-order chi connectivity index (χ0) is 19.4. The quantitative estimate of drug-likeness (QED) is 0.646. The van der Waals surface area contributed by atoms with Crippen LogP contribution in [-0.4, -0.2) is 44.8 Å². The Bertz CT molecular complexity index is 792. The average Bonchev–Trinajstić information content (AvgIpc) is 3.13. The van der Waals surface area contributed by atoms with E-state index in [2.05, 4.69) is 15.7 Å². The van der Waals surface area contributed by atoms with Gasteiger partial charge in [-0.05, 0) is 26.3 Å². The average molecular weight is 380 g/mol. The summed E-state index contributed by atoms with van der Waals surface area (Å²) < 4.78 is 1.72. The van der Waals surface area contributed by atoms with Gasteiger partial charge in [-0.3, -0.25) is 14.3 Å². The lowest BCUT2D eigenvalue weighted by molar-refractivity contribution is -0.142. The summed E-state index contributed by atoms with van der Waals surface area (Å²) in [6, 6.07) is -0.0286. The van der Waals surface area contributed by atoms with Gasteiger partial charge in [0.2, 0.25) is 5.91 Å². The number of amides is 2. The van der Waals surface area contributed by atoms with E-state index in [9.17, 15) is 19.5 Å². The van der Waals surface area contributed by atoms with Crippen LogP contribution < -0.4 is 10.6 Å². The molecule has 8 nitrogen and oxygen atoms in total. The number of fused-ring (bicyclic) bond motifs is 1. The molecule has 2 aromatic heterocycles. The summed E-state index contributed by atoms with van der Waals surface area (Å²) in [5.74, 6) is -1.95. The molecule has 2 aromatic rings. The maximum atomic E-state index is 12.4. The molecular formula is C17H24N4O4S. The molecular weight excluding hydrogens is 356 g/mol. The van der Waals surface area contributed by atoms with Crippen LogP contribution in [0.5, 0.6) is 0 Å². The summed E-state index contributed by atoms with van der Waals surface area (Å²) >= 11 is 1.30. The monoisotopic (exact) mass is 380 g/mol. The largest absolute Gasteiger partial charge is 0.480 e. The van der Waals surface area contributed by atoms with E-state index in [0.29, 0.717) is 17.7 Å². The second-order valence-corrected chi connectivity index (χ2v) is 7.31. The molecule has 2 atom stereocenters. The van der Waals surface area contributed by atoms with Crippen molar-refractivity contribution in [3.63, 3.8) is 0 Å². The Morgan fingerprint density at radius 1 is 1.35 bits per heavy atom. The van der Waals surface area contributed by atoms with Gasteiger partial charge in [0.25, 0.3) is 5.91 Å². The second-order valence-electron chi connectivity index (χ2n) is 6.28. The zero-order valence-corrected chi connectivity index (χ0v) is 16.1. The van der Waals surface area contributed by atoms with Crippen molar-refractivity contribution in [3.8, 4) is 0 Å². The molecule has 0 radical (unpaired) electrons. The normalized spacial score (nSPS) is 13.4. The highest BCUT2D eigenvalue weighted by molar-refractivity contribution is 7.20. The molecule has 0 aliphatic heterocycles. The standard InChI is InChI=1S/C17H24N4O4S/c1-5-6-7-12(17(24)25)19-14(22)10(3)18-15(23)13-8-11-9(2)20-21(4)16(11)26-13/h8,10,12H,5-7H2,1-4H3,(H,18,23)(H,19,22)(H,24,25). The van der Waals surface area contributed by atoms with Crippen molar-refractivity contribution < 1.29 is 19.5 Å². The van der Waals surface area contributed by atoms with Gasteiger partial charge in [0.1, 0.15) is 16.9 Å². The maximum absolute atomic E-state index is 12.4. The third-order valence-corrected chi connectivity index (χ3v) is 5.32. The minimum Gasteiger partial charge on any atom is -0.480 e. The maximum Gasteiger partial charge on any atom is 0.326 e. The first kappa shape index (κ1) is 19.9. The van der Waals surface area contributed by atoms with E-state index in [0.717, 1.165) is 22.3 Å². The van der Waals surface area contributed by atoms with E-state index in [1.54, 1.807) is 10.7 Å². The number of aromatic nitrogens is 2. The third kappa shape index (κ3) is 4.40. The van der Waals surface area contributed by atoms with Crippen LogP contribution in [0.2, 0.25) is 0 Å². The minimum atomic E-state index is -1.07. The zero-order valence-electron chi connectivity index (χ0n) is 15.3. The summed E-state index contributed by atoms with van der Waals surface area (Å²) in [5, 5.41) is 19.5. The summed E-state index contributed by atoms with van der Waals surface area (Å²) in [6.45, 7) is 5.35. The van der Waals surface area contributed by atoms with Crippen LogP contribution in [0.25, 0.3) is 10.2 Å². The summed E-state index contributed by atoms with van der Waals surface area (Å²) in [6.07, 6.45) is 1.90. The van der Waals surface area contributed by atoms with E-state index in [1.165, 1.54) is 18.3 Å². The van der Waals surface area contributed by atoms with E-state index in [-0.39, 0.29) is 5.91 Å². The number of carbonyl (C=O) groups is 3. The van der Waals surface area contributed by atoms with Crippen molar-refractivity contribution in [2.24, 2.45) is 7.05 Å². The first-order chi connectivity index (χ1) is 12.2. The van der Waals surface area contributed by atoms with Gasteiger partial charge in [-0.1, -0.05) is 19.8 Å². The Morgan fingerprint density at radius 3 is 2.62 bits per heavy atom. The molecule has 9 heteroatoms. The number of aliphatic carboxylic acids is 1. The highest BCUT2D eigenvalue weighted by atomic mass is 32.1. The van der Waals surface area contributed by atoms with Crippen LogP contribution in [0.4, 0.5) is 0 Å².